The number of carbonyl (C=O) groups excluding carboxylic acids is 1. The third-order valence-corrected chi connectivity index (χ3v) is 3.01. The minimum absolute atomic E-state index is 0.0823. The average molecular weight is 276 g/mol. The van der Waals surface area contributed by atoms with Crippen LogP contribution in [0.3, 0.4) is 0 Å². The summed E-state index contributed by atoms with van der Waals surface area (Å²) in [4.78, 5) is 13.5. The van der Waals surface area contributed by atoms with Crippen LogP contribution in [-0.4, -0.2) is 28.1 Å². The van der Waals surface area contributed by atoms with Crippen molar-refractivity contribution >= 4 is 23.6 Å². The second-order valence-corrected chi connectivity index (χ2v) is 4.56. The first-order chi connectivity index (χ1) is 9.16. The number of carbonyl (C=O) groups is 1. The maximum Gasteiger partial charge on any atom is 0.246 e. The summed E-state index contributed by atoms with van der Waals surface area (Å²) in [6.45, 7) is 0.516. The number of aromatic nitrogens is 2. The molecule has 2 aromatic rings. The van der Waals surface area contributed by atoms with Gasteiger partial charge < -0.3 is 4.90 Å². The Morgan fingerprint density at radius 1 is 1.47 bits per heavy atom. The zero-order valence-electron chi connectivity index (χ0n) is 10.5. The van der Waals surface area contributed by atoms with Crippen molar-refractivity contribution in [1.29, 1.82) is 0 Å². The molecule has 0 bridgehead atoms. The first-order valence-corrected chi connectivity index (χ1v) is 6.20. The van der Waals surface area contributed by atoms with Crippen molar-refractivity contribution < 1.29 is 4.79 Å². The Morgan fingerprint density at radius 2 is 2.26 bits per heavy atom. The molecule has 0 unspecified atom stereocenters. The molecule has 0 spiro atoms. The largest absolute Gasteiger partial charge is 0.338 e. The van der Waals surface area contributed by atoms with Gasteiger partial charge in [0.05, 0.1) is 6.20 Å². The number of hydrogen-bond donors (Lipinski definition) is 1. The van der Waals surface area contributed by atoms with E-state index in [0.29, 0.717) is 11.6 Å². The second-order valence-electron chi connectivity index (χ2n) is 4.16. The molecule has 0 saturated carbocycles. The molecule has 0 aliphatic rings. The van der Waals surface area contributed by atoms with Crippen LogP contribution < -0.4 is 0 Å². The van der Waals surface area contributed by atoms with Gasteiger partial charge in [0.25, 0.3) is 0 Å². The maximum absolute atomic E-state index is 11.9. The van der Waals surface area contributed by atoms with Gasteiger partial charge in [-0.15, -0.1) is 0 Å². The first-order valence-electron chi connectivity index (χ1n) is 5.82. The number of halogens is 1. The molecule has 0 fully saturated rings. The van der Waals surface area contributed by atoms with Gasteiger partial charge in [-0.1, -0.05) is 29.8 Å². The van der Waals surface area contributed by atoms with Gasteiger partial charge >= 0.3 is 0 Å². The highest BCUT2D eigenvalue weighted by molar-refractivity contribution is 6.32. The Labute approximate surface area is 116 Å². The van der Waals surface area contributed by atoms with Gasteiger partial charge in [0.15, 0.2) is 0 Å². The van der Waals surface area contributed by atoms with Crippen LogP contribution in [0.4, 0.5) is 0 Å². The van der Waals surface area contributed by atoms with Crippen LogP contribution in [0.5, 0.6) is 0 Å². The summed E-state index contributed by atoms with van der Waals surface area (Å²) in [6, 6.07) is 7.39. The number of hydrogen-bond acceptors (Lipinski definition) is 2. The number of nitrogens with zero attached hydrogens (tertiary/aromatic N) is 2. The molecule has 1 amide bonds. The number of amides is 1. The minimum Gasteiger partial charge on any atom is -0.338 e. The van der Waals surface area contributed by atoms with Crippen LogP contribution in [-0.2, 0) is 11.3 Å². The molecule has 0 saturated heterocycles. The van der Waals surface area contributed by atoms with Crippen LogP contribution in [0.15, 0.2) is 42.7 Å². The standard InChI is InChI=1S/C14H14ClN3O/c1-18(10-11-8-16-17-9-11)14(19)7-6-12-4-2-3-5-13(12)15/h2-9H,10H2,1H3,(H,16,17). The zero-order chi connectivity index (χ0) is 13.7. The van der Waals surface area contributed by atoms with Crippen molar-refractivity contribution in [2.24, 2.45) is 0 Å². The molecule has 0 aliphatic carbocycles. The second kappa shape index (κ2) is 6.20. The van der Waals surface area contributed by atoms with Crippen LogP contribution in [0.25, 0.3) is 6.08 Å². The molecular formula is C14H14ClN3O. The molecule has 1 aromatic heterocycles. The van der Waals surface area contributed by atoms with E-state index in [1.165, 1.54) is 6.08 Å². The maximum atomic E-state index is 11.9. The minimum atomic E-state index is -0.0823. The lowest BCUT2D eigenvalue weighted by Gasteiger charge is -2.13. The molecular weight excluding hydrogens is 262 g/mol. The molecule has 0 aliphatic heterocycles. The van der Waals surface area contributed by atoms with Crippen molar-refractivity contribution in [3.8, 4) is 0 Å². The predicted octanol–water partition coefficient (Wildman–Crippen LogP) is 2.73. The topological polar surface area (TPSA) is 49.0 Å². The van der Waals surface area contributed by atoms with Gasteiger partial charge in [0.2, 0.25) is 5.91 Å². The molecule has 0 radical (unpaired) electrons. The Kier molecular flexibility index (Phi) is 4.36. The molecule has 4 nitrogen and oxygen atoms in total. The number of benzene rings is 1. The fourth-order valence-electron chi connectivity index (χ4n) is 1.61. The van der Waals surface area contributed by atoms with Gasteiger partial charge in [-0.3, -0.25) is 9.89 Å². The van der Waals surface area contributed by atoms with Crippen molar-refractivity contribution in [3.05, 3.63) is 58.9 Å². The summed E-state index contributed by atoms with van der Waals surface area (Å²) in [5, 5.41) is 7.19. The summed E-state index contributed by atoms with van der Waals surface area (Å²) in [5.41, 5.74) is 1.79. The Morgan fingerprint density at radius 3 is 2.95 bits per heavy atom. The fraction of sp³-hybridized carbons (Fsp3) is 0.143. The molecule has 98 valence electrons. The Bertz CT molecular complexity index is 578. The Balaban J connectivity index is 1.99. The third kappa shape index (κ3) is 3.69. The number of likely N-dealkylation sites (N-methyl/N-ethyl adjacent to an activating group) is 1. The van der Waals surface area contributed by atoms with E-state index in [1.807, 2.05) is 18.2 Å². The van der Waals surface area contributed by atoms with E-state index in [0.717, 1.165) is 11.1 Å². The summed E-state index contributed by atoms with van der Waals surface area (Å²) in [7, 11) is 1.74. The SMILES string of the molecule is CN(Cc1cn[nH]c1)C(=O)C=Cc1ccccc1Cl. The average Bonchev–Trinajstić information content (AvgIpc) is 2.90. The van der Waals surface area contributed by atoms with Gasteiger partial charge in [-0.05, 0) is 17.7 Å². The highest BCUT2D eigenvalue weighted by Gasteiger charge is 2.06. The van der Waals surface area contributed by atoms with Crippen LogP contribution in [0, 0.1) is 0 Å². The summed E-state index contributed by atoms with van der Waals surface area (Å²) < 4.78 is 0. The monoisotopic (exact) mass is 275 g/mol. The van der Waals surface area contributed by atoms with Gasteiger partial charge in [0, 0.05) is 36.5 Å². The van der Waals surface area contributed by atoms with Crippen LogP contribution in [0.1, 0.15) is 11.1 Å². The Hall–Kier alpha value is -2.07. The summed E-state index contributed by atoms with van der Waals surface area (Å²) in [5.74, 6) is -0.0823. The first kappa shape index (κ1) is 13.4. The normalized spacial score (nSPS) is 10.8. The van der Waals surface area contributed by atoms with E-state index < -0.39 is 0 Å². The molecule has 1 aromatic carbocycles. The van der Waals surface area contributed by atoms with E-state index in [-0.39, 0.29) is 5.91 Å². The van der Waals surface area contributed by atoms with Gasteiger partial charge in [-0.2, -0.15) is 5.10 Å². The van der Waals surface area contributed by atoms with Crippen molar-refractivity contribution in [2.75, 3.05) is 7.05 Å². The number of nitrogens with one attached hydrogen (secondary N) is 1. The molecule has 5 heteroatoms. The molecule has 1 N–H and O–H groups in total. The lowest BCUT2D eigenvalue weighted by molar-refractivity contribution is -0.125. The van der Waals surface area contributed by atoms with E-state index >= 15 is 0 Å². The van der Waals surface area contributed by atoms with E-state index in [9.17, 15) is 4.79 Å². The van der Waals surface area contributed by atoms with Crippen LogP contribution >= 0.6 is 11.6 Å². The van der Waals surface area contributed by atoms with Crippen molar-refractivity contribution in [1.82, 2.24) is 15.1 Å². The smallest absolute Gasteiger partial charge is 0.246 e. The summed E-state index contributed by atoms with van der Waals surface area (Å²) >= 11 is 6.01. The predicted molar refractivity (Wildman–Crippen MR) is 75.5 cm³/mol. The van der Waals surface area contributed by atoms with E-state index in [2.05, 4.69) is 10.2 Å². The van der Waals surface area contributed by atoms with Crippen molar-refractivity contribution in [2.45, 2.75) is 6.54 Å². The highest BCUT2D eigenvalue weighted by atomic mass is 35.5. The number of H-pyrrole nitrogens is 1. The lowest BCUT2D eigenvalue weighted by atomic mass is 10.2. The summed E-state index contributed by atoms with van der Waals surface area (Å²) in [6.07, 6.45) is 6.70. The van der Waals surface area contributed by atoms with E-state index in [4.69, 9.17) is 11.6 Å². The van der Waals surface area contributed by atoms with E-state index in [1.54, 1.807) is 36.5 Å². The molecule has 1 heterocycles. The lowest BCUT2D eigenvalue weighted by Crippen LogP contribution is -2.23. The van der Waals surface area contributed by atoms with Crippen LogP contribution in [0.2, 0.25) is 5.02 Å². The number of aromatic amines is 1. The fourth-order valence-corrected chi connectivity index (χ4v) is 1.81. The van der Waals surface area contributed by atoms with Gasteiger partial charge in [-0.25, -0.2) is 0 Å². The molecule has 19 heavy (non-hydrogen) atoms. The zero-order valence-corrected chi connectivity index (χ0v) is 11.3. The quantitative estimate of drug-likeness (QED) is 0.872. The molecule has 2 rings (SSSR count). The number of rotatable bonds is 4. The van der Waals surface area contributed by atoms with Gasteiger partial charge in [0.1, 0.15) is 0 Å². The molecule has 0 atom stereocenters. The highest BCUT2D eigenvalue weighted by Crippen LogP contribution is 2.16. The third-order valence-electron chi connectivity index (χ3n) is 2.66. The van der Waals surface area contributed by atoms with Crippen molar-refractivity contribution in [3.63, 3.8) is 0 Å².